The van der Waals surface area contributed by atoms with Gasteiger partial charge in [0, 0.05) is 13.1 Å². The van der Waals surface area contributed by atoms with Gasteiger partial charge in [0.1, 0.15) is 17.1 Å². The highest BCUT2D eigenvalue weighted by molar-refractivity contribution is 7.22. The van der Waals surface area contributed by atoms with Gasteiger partial charge in [-0.2, -0.15) is 0 Å². The molecule has 2 aromatic carbocycles. The van der Waals surface area contributed by atoms with Gasteiger partial charge in [-0.1, -0.05) is 42.9 Å². The van der Waals surface area contributed by atoms with Crippen LogP contribution in [0.3, 0.4) is 0 Å². The average Bonchev–Trinajstić information content (AvgIpc) is 3.17. The molecule has 1 amide bonds. The van der Waals surface area contributed by atoms with Gasteiger partial charge >= 0.3 is 0 Å². The van der Waals surface area contributed by atoms with Crippen molar-refractivity contribution < 1.29 is 13.9 Å². The summed E-state index contributed by atoms with van der Waals surface area (Å²) in [6.07, 6.45) is 0. The largest absolute Gasteiger partial charge is 0.494 e. The Balaban J connectivity index is 0.00000341. The van der Waals surface area contributed by atoms with Gasteiger partial charge in [-0.3, -0.25) is 9.69 Å². The fraction of sp³-hybridized carbons (Fsp3) is 0.364. The number of hydrogen-bond acceptors (Lipinski definition) is 5. The number of carbonyl (C=O) groups is 1. The molecule has 31 heavy (non-hydrogen) atoms. The monoisotopic (exact) mass is 485 g/mol. The molecular weight excluding hydrogens is 460 g/mol. The van der Waals surface area contributed by atoms with Gasteiger partial charge in [0.05, 0.1) is 22.4 Å². The van der Waals surface area contributed by atoms with Crippen molar-refractivity contribution in [2.75, 3.05) is 38.2 Å². The van der Waals surface area contributed by atoms with Gasteiger partial charge in [-0.05, 0) is 49.8 Å². The zero-order valence-electron chi connectivity index (χ0n) is 17.9. The van der Waals surface area contributed by atoms with E-state index in [2.05, 4.69) is 18.7 Å². The molecule has 0 bridgehead atoms. The van der Waals surface area contributed by atoms with E-state index in [1.807, 2.05) is 19.1 Å². The number of methoxy groups -OCH3 is 1. The smallest absolute Gasteiger partial charge is 0.261 e. The lowest BCUT2D eigenvalue weighted by Crippen LogP contribution is -2.39. The predicted molar refractivity (Wildman–Crippen MR) is 129 cm³/mol. The summed E-state index contributed by atoms with van der Waals surface area (Å²) >= 11 is 7.63. The van der Waals surface area contributed by atoms with E-state index in [9.17, 15) is 9.18 Å². The summed E-state index contributed by atoms with van der Waals surface area (Å²) in [6, 6.07) is 7.67. The number of anilines is 1. The van der Waals surface area contributed by atoms with Crippen LogP contribution in [0.15, 0.2) is 30.3 Å². The molecule has 3 aromatic rings. The van der Waals surface area contributed by atoms with Crippen molar-refractivity contribution >= 4 is 56.6 Å². The van der Waals surface area contributed by atoms with Crippen LogP contribution in [0.5, 0.6) is 5.75 Å². The van der Waals surface area contributed by atoms with E-state index in [1.54, 1.807) is 12.0 Å². The minimum absolute atomic E-state index is 0. The third kappa shape index (κ3) is 5.47. The molecule has 0 saturated carbocycles. The molecule has 9 heteroatoms. The SMILES string of the molecule is CCN(CC)CCN(C(=O)c1ccc(F)cc1Cl)c1nc2c(OC)ccc(C)c2s1.Cl. The first-order valence-corrected chi connectivity index (χ1v) is 11.0. The number of aryl methyl sites for hydroxylation is 1. The van der Waals surface area contributed by atoms with E-state index in [0.29, 0.717) is 24.0 Å². The third-order valence-corrected chi connectivity index (χ3v) is 6.61. The highest BCUT2D eigenvalue weighted by Crippen LogP contribution is 2.37. The number of fused-ring (bicyclic) bond motifs is 1. The van der Waals surface area contributed by atoms with Gasteiger partial charge in [-0.25, -0.2) is 9.37 Å². The number of carbonyl (C=O) groups excluding carboxylic acids is 1. The molecule has 0 aliphatic carbocycles. The van der Waals surface area contributed by atoms with Crippen LogP contribution in [-0.2, 0) is 0 Å². The van der Waals surface area contributed by atoms with E-state index in [-0.39, 0.29) is 28.9 Å². The van der Waals surface area contributed by atoms with Crippen LogP contribution >= 0.6 is 35.3 Å². The Morgan fingerprint density at radius 1 is 1.19 bits per heavy atom. The van der Waals surface area contributed by atoms with E-state index in [1.165, 1.54) is 23.5 Å². The number of ether oxygens (including phenoxy) is 1. The Labute approximate surface area is 197 Å². The van der Waals surface area contributed by atoms with Gasteiger partial charge in [-0.15, -0.1) is 12.4 Å². The maximum Gasteiger partial charge on any atom is 0.261 e. The van der Waals surface area contributed by atoms with Crippen molar-refractivity contribution in [1.29, 1.82) is 0 Å². The number of nitrogens with zero attached hydrogens (tertiary/aromatic N) is 3. The van der Waals surface area contributed by atoms with Gasteiger partial charge < -0.3 is 9.64 Å². The summed E-state index contributed by atoms with van der Waals surface area (Å²) in [6.45, 7) is 9.05. The Bertz CT molecular complexity index is 1060. The second kappa shape index (κ2) is 11.1. The molecular formula is C22H26Cl2FN3O2S. The molecule has 5 nitrogen and oxygen atoms in total. The summed E-state index contributed by atoms with van der Waals surface area (Å²) in [7, 11) is 1.60. The molecule has 0 spiro atoms. The number of hydrogen-bond donors (Lipinski definition) is 0. The number of thiazole rings is 1. The Hall–Kier alpha value is -1.93. The summed E-state index contributed by atoms with van der Waals surface area (Å²) < 4.78 is 19.9. The molecule has 0 aliphatic heterocycles. The van der Waals surface area contributed by atoms with Crippen molar-refractivity contribution in [1.82, 2.24) is 9.88 Å². The molecule has 1 aromatic heterocycles. The first-order chi connectivity index (χ1) is 14.4. The minimum atomic E-state index is -0.480. The third-order valence-electron chi connectivity index (χ3n) is 5.08. The molecule has 0 atom stereocenters. The number of amides is 1. The van der Waals surface area contributed by atoms with Crippen molar-refractivity contribution in [2.45, 2.75) is 20.8 Å². The molecule has 0 aliphatic rings. The number of likely N-dealkylation sites (N-methyl/N-ethyl adjacent to an activating group) is 1. The highest BCUT2D eigenvalue weighted by atomic mass is 35.5. The quantitative estimate of drug-likeness (QED) is 0.403. The second-order valence-electron chi connectivity index (χ2n) is 6.87. The summed E-state index contributed by atoms with van der Waals surface area (Å²) in [5.41, 5.74) is 2.04. The maximum absolute atomic E-state index is 13.5. The second-order valence-corrected chi connectivity index (χ2v) is 8.25. The zero-order chi connectivity index (χ0) is 21.8. The van der Waals surface area contributed by atoms with E-state index in [4.69, 9.17) is 21.3 Å². The van der Waals surface area contributed by atoms with Gasteiger partial charge in [0.25, 0.3) is 5.91 Å². The van der Waals surface area contributed by atoms with Crippen LogP contribution in [0.1, 0.15) is 29.8 Å². The summed E-state index contributed by atoms with van der Waals surface area (Å²) in [4.78, 5) is 22.0. The van der Waals surface area contributed by atoms with E-state index < -0.39 is 5.82 Å². The van der Waals surface area contributed by atoms with Crippen molar-refractivity contribution in [3.63, 3.8) is 0 Å². The lowest BCUT2D eigenvalue weighted by molar-refractivity contribution is 0.0984. The zero-order valence-corrected chi connectivity index (χ0v) is 20.3. The van der Waals surface area contributed by atoms with Crippen molar-refractivity contribution in [3.05, 3.63) is 52.3 Å². The molecule has 1 heterocycles. The van der Waals surface area contributed by atoms with E-state index in [0.717, 1.165) is 34.9 Å². The van der Waals surface area contributed by atoms with Crippen molar-refractivity contribution in [3.8, 4) is 5.75 Å². The summed E-state index contributed by atoms with van der Waals surface area (Å²) in [5, 5.41) is 0.651. The molecule has 0 saturated heterocycles. The fourth-order valence-corrected chi connectivity index (χ4v) is 4.58. The minimum Gasteiger partial charge on any atom is -0.494 e. The molecule has 0 radical (unpaired) electrons. The van der Waals surface area contributed by atoms with Crippen LogP contribution < -0.4 is 9.64 Å². The maximum atomic E-state index is 13.5. The fourth-order valence-electron chi connectivity index (χ4n) is 3.25. The van der Waals surface area contributed by atoms with Crippen LogP contribution in [0.2, 0.25) is 5.02 Å². The van der Waals surface area contributed by atoms with E-state index >= 15 is 0 Å². The molecule has 0 fully saturated rings. The standard InChI is InChI=1S/C22H25ClFN3O2S.ClH/c1-5-26(6-2)11-12-27(21(28)16-9-8-15(24)13-17(16)23)22-25-19-18(29-4)10-7-14(3)20(19)30-22;/h7-10,13H,5-6,11-12H2,1-4H3;1H. The number of benzene rings is 2. The molecule has 3 rings (SSSR count). The summed E-state index contributed by atoms with van der Waals surface area (Å²) in [5.74, 6) is -0.122. The van der Waals surface area contributed by atoms with Gasteiger partial charge in [0.15, 0.2) is 5.13 Å². The lowest BCUT2D eigenvalue weighted by Gasteiger charge is -2.25. The Morgan fingerprint density at radius 2 is 1.90 bits per heavy atom. The van der Waals surface area contributed by atoms with Crippen LogP contribution in [0, 0.1) is 12.7 Å². The molecule has 168 valence electrons. The first-order valence-electron chi connectivity index (χ1n) is 9.82. The molecule has 0 N–H and O–H groups in total. The molecule has 0 unspecified atom stereocenters. The number of aromatic nitrogens is 1. The Kier molecular flexibility index (Phi) is 9.06. The Morgan fingerprint density at radius 3 is 2.52 bits per heavy atom. The lowest BCUT2D eigenvalue weighted by atomic mass is 10.2. The highest BCUT2D eigenvalue weighted by Gasteiger charge is 2.25. The van der Waals surface area contributed by atoms with Crippen molar-refractivity contribution in [2.24, 2.45) is 0 Å². The van der Waals surface area contributed by atoms with Gasteiger partial charge in [0.2, 0.25) is 0 Å². The average molecular weight is 486 g/mol. The number of halogens is 3. The topological polar surface area (TPSA) is 45.7 Å². The normalized spacial score (nSPS) is 10.9. The first kappa shape index (κ1) is 25.3. The predicted octanol–water partition coefficient (Wildman–Crippen LogP) is 5.82. The van der Waals surface area contributed by atoms with Crippen LogP contribution in [-0.4, -0.2) is 49.1 Å². The van der Waals surface area contributed by atoms with Crippen LogP contribution in [0.25, 0.3) is 10.2 Å². The van der Waals surface area contributed by atoms with Crippen LogP contribution in [0.4, 0.5) is 9.52 Å². The number of rotatable bonds is 8.